The Balaban J connectivity index is 1.39. The zero-order valence-electron chi connectivity index (χ0n) is 16.5. The second kappa shape index (κ2) is 7.96. The van der Waals surface area contributed by atoms with E-state index in [0.717, 1.165) is 21.7 Å². The van der Waals surface area contributed by atoms with Gasteiger partial charge in [-0.3, -0.25) is 4.79 Å². The summed E-state index contributed by atoms with van der Waals surface area (Å²) in [5.74, 6) is 0.502. The number of anilines is 1. The van der Waals surface area contributed by atoms with Crippen molar-refractivity contribution in [3.8, 4) is 0 Å². The molecule has 5 rings (SSSR count). The first-order chi connectivity index (χ1) is 14.2. The second-order valence-electron chi connectivity index (χ2n) is 8.35. The number of rotatable bonds is 3. The number of amides is 1. The number of carbonyl (C=O) groups excluding carboxylic acids is 1. The van der Waals surface area contributed by atoms with Crippen molar-refractivity contribution in [1.82, 2.24) is 9.88 Å². The van der Waals surface area contributed by atoms with E-state index in [-0.39, 0.29) is 5.91 Å². The summed E-state index contributed by atoms with van der Waals surface area (Å²) in [7, 11) is 0. The van der Waals surface area contributed by atoms with Crippen LogP contribution in [0.4, 0.5) is 5.69 Å². The number of aromatic nitrogens is 1. The Bertz CT molecular complexity index is 1040. The molecule has 2 aromatic carbocycles. The number of hydrogen-bond donors (Lipinski definition) is 2. The average molecular weight is 452 g/mol. The summed E-state index contributed by atoms with van der Waals surface area (Å²) in [5.41, 5.74) is 4.04. The van der Waals surface area contributed by atoms with Crippen LogP contribution in [-0.2, 0) is 0 Å². The predicted octanol–water partition coefficient (Wildman–Crippen LogP) is 5.91. The summed E-state index contributed by atoms with van der Waals surface area (Å²) in [5, 5.41) is 4.31. The van der Waals surface area contributed by atoms with Crippen molar-refractivity contribution in [1.29, 1.82) is 0 Å². The van der Waals surface area contributed by atoms with Crippen LogP contribution in [0.2, 0.25) is 0 Å². The van der Waals surface area contributed by atoms with E-state index in [4.69, 9.17) is 0 Å². The van der Waals surface area contributed by atoms with E-state index in [1.165, 1.54) is 56.1 Å². The van der Waals surface area contributed by atoms with Crippen molar-refractivity contribution in [3.63, 3.8) is 0 Å². The lowest BCUT2D eigenvalue weighted by atomic mass is 9.82. The highest BCUT2D eigenvalue weighted by atomic mass is 79.9. The summed E-state index contributed by atoms with van der Waals surface area (Å²) in [6.07, 6.45) is 8.72. The van der Waals surface area contributed by atoms with Gasteiger partial charge in [0.2, 0.25) is 0 Å². The maximum absolute atomic E-state index is 12.7. The van der Waals surface area contributed by atoms with Crippen molar-refractivity contribution in [2.24, 2.45) is 0 Å². The molecule has 0 radical (unpaired) electrons. The molecule has 2 aliphatic heterocycles. The third-order valence-corrected chi connectivity index (χ3v) is 7.29. The van der Waals surface area contributed by atoms with Gasteiger partial charge in [0.15, 0.2) is 0 Å². The SMILES string of the molecule is O=C(Nc1ccc2[nH]cc(C3CCN4CCCCC4C3)c2c1)c1ccccc1Br. The molecule has 1 amide bonds. The van der Waals surface area contributed by atoms with E-state index >= 15 is 0 Å². The number of aromatic amines is 1. The van der Waals surface area contributed by atoms with Crippen molar-refractivity contribution >= 4 is 38.4 Å². The number of benzene rings is 2. The number of piperidine rings is 2. The molecule has 3 aromatic rings. The van der Waals surface area contributed by atoms with Gasteiger partial charge >= 0.3 is 0 Å². The van der Waals surface area contributed by atoms with Crippen molar-refractivity contribution in [2.45, 2.75) is 44.1 Å². The van der Waals surface area contributed by atoms with Gasteiger partial charge in [-0.1, -0.05) is 18.6 Å². The van der Waals surface area contributed by atoms with E-state index in [2.05, 4.69) is 49.5 Å². The fourth-order valence-electron chi connectivity index (χ4n) is 5.07. The van der Waals surface area contributed by atoms with Crippen LogP contribution < -0.4 is 5.32 Å². The molecule has 5 heteroatoms. The summed E-state index contributed by atoms with van der Waals surface area (Å²) in [6, 6.07) is 14.4. The minimum atomic E-state index is -0.0931. The monoisotopic (exact) mass is 451 g/mol. The summed E-state index contributed by atoms with van der Waals surface area (Å²) >= 11 is 3.47. The highest BCUT2D eigenvalue weighted by Crippen LogP contribution is 2.39. The van der Waals surface area contributed by atoms with Crippen LogP contribution >= 0.6 is 15.9 Å². The van der Waals surface area contributed by atoms with Gasteiger partial charge in [0.25, 0.3) is 5.91 Å². The van der Waals surface area contributed by atoms with Gasteiger partial charge in [0, 0.05) is 33.3 Å². The van der Waals surface area contributed by atoms with E-state index < -0.39 is 0 Å². The number of nitrogens with one attached hydrogen (secondary N) is 2. The zero-order valence-corrected chi connectivity index (χ0v) is 18.0. The molecule has 2 saturated heterocycles. The summed E-state index contributed by atoms with van der Waals surface area (Å²) in [6.45, 7) is 2.48. The Morgan fingerprint density at radius 1 is 1.10 bits per heavy atom. The van der Waals surface area contributed by atoms with Gasteiger partial charge in [0.1, 0.15) is 0 Å². The summed E-state index contributed by atoms with van der Waals surface area (Å²) in [4.78, 5) is 18.8. The second-order valence-corrected chi connectivity index (χ2v) is 9.20. The molecule has 2 aliphatic rings. The Morgan fingerprint density at radius 3 is 2.90 bits per heavy atom. The average Bonchev–Trinajstić information content (AvgIpc) is 3.17. The topological polar surface area (TPSA) is 48.1 Å². The maximum Gasteiger partial charge on any atom is 0.256 e. The zero-order chi connectivity index (χ0) is 19.8. The summed E-state index contributed by atoms with van der Waals surface area (Å²) < 4.78 is 0.806. The lowest BCUT2D eigenvalue weighted by Gasteiger charge is -2.42. The van der Waals surface area contributed by atoms with Gasteiger partial charge in [0.05, 0.1) is 5.56 Å². The van der Waals surface area contributed by atoms with Crippen LogP contribution in [0, 0.1) is 0 Å². The highest BCUT2D eigenvalue weighted by Gasteiger charge is 2.31. The Labute approximate surface area is 179 Å². The molecule has 29 heavy (non-hydrogen) atoms. The normalized spacial score (nSPS) is 22.4. The largest absolute Gasteiger partial charge is 0.361 e. The molecule has 4 nitrogen and oxygen atoms in total. The van der Waals surface area contributed by atoms with Gasteiger partial charge in [-0.15, -0.1) is 0 Å². The van der Waals surface area contributed by atoms with Crippen molar-refractivity contribution < 1.29 is 4.79 Å². The molecule has 0 spiro atoms. The van der Waals surface area contributed by atoms with Gasteiger partial charge in [-0.2, -0.15) is 0 Å². The van der Waals surface area contributed by atoms with Crippen LogP contribution in [0.25, 0.3) is 10.9 Å². The molecule has 2 unspecified atom stereocenters. The standard InChI is InChI=1S/C24H26BrN3O/c25-22-7-2-1-6-19(22)24(29)27-17-8-9-23-20(14-17)21(15-26-23)16-10-12-28-11-4-3-5-18(28)13-16/h1-2,6-9,14-16,18,26H,3-5,10-13H2,(H,27,29). The first kappa shape index (κ1) is 18.9. The molecule has 2 atom stereocenters. The van der Waals surface area contributed by atoms with Crippen molar-refractivity contribution in [2.75, 3.05) is 18.4 Å². The van der Waals surface area contributed by atoms with Crippen LogP contribution in [0.5, 0.6) is 0 Å². The van der Waals surface area contributed by atoms with Gasteiger partial charge < -0.3 is 15.2 Å². The first-order valence-corrected chi connectivity index (χ1v) is 11.4. The van der Waals surface area contributed by atoms with E-state index in [9.17, 15) is 4.79 Å². The fourth-order valence-corrected chi connectivity index (χ4v) is 5.54. The minimum Gasteiger partial charge on any atom is -0.361 e. The quantitative estimate of drug-likeness (QED) is 0.519. The van der Waals surface area contributed by atoms with Gasteiger partial charge in [-0.05, 0) is 96.5 Å². The number of hydrogen-bond acceptors (Lipinski definition) is 2. The molecule has 0 saturated carbocycles. The van der Waals surface area contributed by atoms with Crippen LogP contribution in [0.15, 0.2) is 53.1 Å². The number of carbonyl (C=O) groups is 1. The third-order valence-electron chi connectivity index (χ3n) is 6.60. The molecule has 2 N–H and O–H groups in total. The Hall–Kier alpha value is -2.11. The van der Waals surface area contributed by atoms with Gasteiger partial charge in [-0.25, -0.2) is 0 Å². The molecular formula is C24H26BrN3O. The van der Waals surface area contributed by atoms with E-state index in [1.54, 1.807) is 0 Å². The van der Waals surface area contributed by atoms with Crippen LogP contribution in [0.3, 0.4) is 0 Å². The minimum absolute atomic E-state index is 0.0931. The lowest BCUT2D eigenvalue weighted by Crippen LogP contribution is -2.44. The molecule has 0 bridgehead atoms. The van der Waals surface area contributed by atoms with Crippen LogP contribution in [0.1, 0.15) is 53.9 Å². The van der Waals surface area contributed by atoms with Crippen LogP contribution in [-0.4, -0.2) is 34.9 Å². The number of nitrogens with zero attached hydrogens (tertiary/aromatic N) is 1. The van der Waals surface area contributed by atoms with Crippen molar-refractivity contribution in [3.05, 3.63) is 64.3 Å². The molecular weight excluding hydrogens is 426 g/mol. The highest BCUT2D eigenvalue weighted by molar-refractivity contribution is 9.10. The molecule has 0 aliphatic carbocycles. The Kier molecular flexibility index (Phi) is 5.18. The fraction of sp³-hybridized carbons (Fsp3) is 0.375. The number of H-pyrrole nitrogens is 1. The first-order valence-electron chi connectivity index (χ1n) is 10.6. The van der Waals surface area contributed by atoms with E-state index in [0.29, 0.717) is 11.5 Å². The number of halogens is 1. The number of fused-ring (bicyclic) bond motifs is 2. The Morgan fingerprint density at radius 2 is 2.00 bits per heavy atom. The van der Waals surface area contributed by atoms with E-state index in [1.807, 2.05) is 30.3 Å². The third kappa shape index (κ3) is 3.74. The predicted molar refractivity (Wildman–Crippen MR) is 122 cm³/mol. The lowest BCUT2D eigenvalue weighted by molar-refractivity contribution is 0.0977. The molecule has 2 fully saturated rings. The smallest absolute Gasteiger partial charge is 0.256 e. The molecule has 150 valence electrons. The molecule has 3 heterocycles. The molecule has 1 aromatic heterocycles. The maximum atomic E-state index is 12.7.